The zero-order chi connectivity index (χ0) is 14.7. The van der Waals surface area contributed by atoms with E-state index >= 15 is 0 Å². The minimum absolute atomic E-state index is 0.281. The molecular formula is C14H12BrCl2FN2. The predicted molar refractivity (Wildman–Crippen MR) is 84.3 cm³/mol. The number of nitrogens with two attached hydrogens (primary N) is 1. The molecule has 0 radical (unpaired) electrons. The third-order valence-electron chi connectivity index (χ3n) is 3.01. The first kappa shape index (κ1) is 15.7. The highest BCUT2D eigenvalue weighted by Crippen LogP contribution is 2.30. The predicted octanol–water partition coefficient (Wildman–Crippen LogP) is 4.64. The molecule has 0 heterocycles. The van der Waals surface area contributed by atoms with Crippen LogP contribution in [0.2, 0.25) is 10.0 Å². The summed E-state index contributed by atoms with van der Waals surface area (Å²) in [5, 5.41) is 0.996. The highest BCUT2D eigenvalue weighted by Gasteiger charge is 2.18. The van der Waals surface area contributed by atoms with Crippen LogP contribution >= 0.6 is 39.1 Å². The molecule has 3 N–H and O–H groups in total. The largest absolute Gasteiger partial charge is 0.271 e. The van der Waals surface area contributed by atoms with Crippen molar-refractivity contribution in [3.05, 3.63) is 67.9 Å². The first-order chi connectivity index (χ1) is 9.52. The molecule has 20 heavy (non-hydrogen) atoms. The van der Waals surface area contributed by atoms with Gasteiger partial charge in [0.25, 0.3) is 0 Å². The lowest BCUT2D eigenvalue weighted by atomic mass is 9.99. The molecule has 106 valence electrons. The Kier molecular flexibility index (Phi) is 5.41. The van der Waals surface area contributed by atoms with E-state index in [1.807, 2.05) is 6.07 Å². The lowest BCUT2D eigenvalue weighted by Gasteiger charge is -2.19. The van der Waals surface area contributed by atoms with Crippen LogP contribution in [0.5, 0.6) is 0 Å². The van der Waals surface area contributed by atoms with E-state index in [2.05, 4.69) is 21.4 Å². The molecular weight excluding hydrogens is 366 g/mol. The summed E-state index contributed by atoms with van der Waals surface area (Å²) in [5.74, 6) is 5.25. The molecule has 0 amide bonds. The molecule has 0 saturated carbocycles. The number of rotatable bonds is 4. The molecule has 0 aliphatic rings. The van der Waals surface area contributed by atoms with Gasteiger partial charge in [-0.05, 0) is 36.2 Å². The molecule has 0 saturated heterocycles. The molecule has 6 heteroatoms. The number of hydrogen-bond acceptors (Lipinski definition) is 2. The normalized spacial score (nSPS) is 12.4. The SMILES string of the molecule is NNC(Cc1c(F)cccc1Cl)c1ccc(Cl)cc1Br. The smallest absolute Gasteiger partial charge is 0.127 e. The molecule has 0 spiro atoms. The molecule has 2 rings (SSSR count). The Balaban J connectivity index is 2.34. The minimum Gasteiger partial charge on any atom is -0.271 e. The fourth-order valence-corrected chi connectivity index (χ4v) is 3.17. The van der Waals surface area contributed by atoms with Crippen LogP contribution in [-0.4, -0.2) is 0 Å². The maximum absolute atomic E-state index is 13.8. The van der Waals surface area contributed by atoms with Gasteiger partial charge in [0.2, 0.25) is 0 Å². The summed E-state index contributed by atoms with van der Waals surface area (Å²) in [6.45, 7) is 0. The van der Waals surface area contributed by atoms with E-state index in [1.165, 1.54) is 6.07 Å². The Morgan fingerprint density at radius 3 is 2.60 bits per heavy atom. The molecule has 2 nitrogen and oxygen atoms in total. The van der Waals surface area contributed by atoms with Crippen LogP contribution in [0.3, 0.4) is 0 Å². The van der Waals surface area contributed by atoms with Gasteiger partial charge in [-0.25, -0.2) is 4.39 Å². The van der Waals surface area contributed by atoms with Crippen molar-refractivity contribution in [1.29, 1.82) is 0 Å². The summed E-state index contributed by atoms with van der Waals surface area (Å²) in [4.78, 5) is 0. The van der Waals surface area contributed by atoms with Gasteiger partial charge < -0.3 is 0 Å². The second kappa shape index (κ2) is 6.87. The number of hydrazine groups is 1. The van der Waals surface area contributed by atoms with E-state index < -0.39 is 0 Å². The standard InChI is InChI=1S/C14H12BrCl2FN2/c15-11-6-8(16)4-5-9(11)14(20-19)7-10-12(17)2-1-3-13(10)18/h1-6,14,20H,7,19H2. The number of halogens is 4. The van der Waals surface area contributed by atoms with Gasteiger partial charge in [-0.2, -0.15) is 0 Å². The van der Waals surface area contributed by atoms with Crippen LogP contribution in [0.15, 0.2) is 40.9 Å². The molecule has 0 aromatic heterocycles. The van der Waals surface area contributed by atoms with Crippen LogP contribution in [0.4, 0.5) is 4.39 Å². The van der Waals surface area contributed by atoms with Crippen molar-refractivity contribution in [3.8, 4) is 0 Å². The van der Waals surface area contributed by atoms with Crippen molar-refractivity contribution in [3.63, 3.8) is 0 Å². The number of hydrogen-bond donors (Lipinski definition) is 2. The van der Waals surface area contributed by atoms with Gasteiger partial charge >= 0.3 is 0 Å². The summed E-state index contributed by atoms with van der Waals surface area (Å²) in [6, 6.07) is 9.70. The molecule has 0 aliphatic carbocycles. The Labute approximate surface area is 135 Å². The lowest BCUT2D eigenvalue weighted by Crippen LogP contribution is -2.30. The molecule has 1 unspecified atom stereocenters. The topological polar surface area (TPSA) is 38.0 Å². The van der Waals surface area contributed by atoms with Gasteiger partial charge in [-0.3, -0.25) is 11.3 Å². The van der Waals surface area contributed by atoms with Crippen molar-refractivity contribution in [2.75, 3.05) is 0 Å². The van der Waals surface area contributed by atoms with Gasteiger partial charge in [-0.1, -0.05) is 51.3 Å². The Morgan fingerprint density at radius 1 is 1.25 bits per heavy atom. The van der Waals surface area contributed by atoms with E-state index in [0.717, 1.165) is 10.0 Å². The van der Waals surface area contributed by atoms with Crippen LogP contribution in [0, 0.1) is 5.82 Å². The van der Waals surface area contributed by atoms with Crippen LogP contribution in [0.25, 0.3) is 0 Å². The molecule has 0 bridgehead atoms. The van der Waals surface area contributed by atoms with Crippen LogP contribution in [0.1, 0.15) is 17.2 Å². The summed E-state index contributed by atoms with van der Waals surface area (Å²) in [5.41, 5.74) is 4.00. The average Bonchev–Trinajstić information content (AvgIpc) is 2.40. The van der Waals surface area contributed by atoms with E-state index in [4.69, 9.17) is 29.0 Å². The molecule has 0 aliphatic heterocycles. The van der Waals surface area contributed by atoms with Gasteiger partial charge in [0, 0.05) is 20.1 Å². The van der Waals surface area contributed by atoms with Crippen molar-refractivity contribution >= 4 is 39.1 Å². The maximum Gasteiger partial charge on any atom is 0.127 e. The average molecular weight is 378 g/mol. The van der Waals surface area contributed by atoms with Crippen molar-refractivity contribution in [2.24, 2.45) is 5.84 Å². The second-order valence-corrected chi connectivity index (χ2v) is 5.99. The number of benzene rings is 2. The highest BCUT2D eigenvalue weighted by atomic mass is 79.9. The first-order valence-electron chi connectivity index (χ1n) is 5.87. The van der Waals surface area contributed by atoms with Crippen LogP contribution in [-0.2, 0) is 6.42 Å². The van der Waals surface area contributed by atoms with Crippen molar-refractivity contribution in [2.45, 2.75) is 12.5 Å². The van der Waals surface area contributed by atoms with Crippen molar-refractivity contribution in [1.82, 2.24) is 5.43 Å². The van der Waals surface area contributed by atoms with Gasteiger partial charge in [0.05, 0.1) is 6.04 Å². The van der Waals surface area contributed by atoms with E-state index in [1.54, 1.807) is 24.3 Å². The molecule has 2 aromatic rings. The summed E-state index contributed by atoms with van der Waals surface area (Å²) in [6.07, 6.45) is 0.336. The summed E-state index contributed by atoms with van der Waals surface area (Å²) < 4.78 is 14.6. The fraction of sp³-hybridized carbons (Fsp3) is 0.143. The highest BCUT2D eigenvalue weighted by molar-refractivity contribution is 9.10. The third kappa shape index (κ3) is 3.51. The summed E-state index contributed by atoms with van der Waals surface area (Å²) in [7, 11) is 0. The van der Waals surface area contributed by atoms with Gasteiger partial charge in [-0.15, -0.1) is 0 Å². The van der Waals surface area contributed by atoms with Gasteiger partial charge in [0.15, 0.2) is 0 Å². The number of nitrogens with one attached hydrogen (secondary N) is 1. The van der Waals surface area contributed by atoms with Crippen LogP contribution < -0.4 is 11.3 Å². The molecule has 2 aromatic carbocycles. The van der Waals surface area contributed by atoms with E-state index in [0.29, 0.717) is 22.0 Å². The molecule has 0 fully saturated rings. The fourth-order valence-electron chi connectivity index (χ4n) is 1.97. The quantitative estimate of drug-likeness (QED) is 0.601. The monoisotopic (exact) mass is 376 g/mol. The Hall–Kier alpha value is -0.650. The second-order valence-electron chi connectivity index (χ2n) is 4.29. The Morgan fingerprint density at radius 2 is 2.00 bits per heavy atom. The van der Waals surface area contributed by atoms with E-state index in [9.17, 15) is 4.39 Å². The van der Waals surface area contributed by atoms with Crippen molar-refractivity contribution < 1.29 is 4.39 Å². The minimum atomic E-state index is -0.345. The summed E-state index contributed by atoms with van der Waals surface area (Å²) >= 11 is 15.4. The Bertz CT molecular complexity index is 602. The van der Waals surface area contributed by atoms with E-state index in [-0.39, 0.29) is 11.9 Å². The maximum atomic E-state index is 13.8. The lowest BCUT2D eigenvalue weighted by molar-refractivity contribution is 0.528. The zero-order valence-electron chi connectivity index (χ0n) is 10.3. The van der Waals surface area contributed by atoms with Gasteiger partial charge in [0.1, 0.15) is 5.82 Å². The first-order valence-corrected chi connectivity index (χ1v) is 7.41. The third-order valence-corrected chi connectivity index (χ3v) is 4.28. The molecule has 1 atom stereocenters. The zero-order valence-corrected chi connectivity index (χ0v) is 13.4.